The van der Waals surface area contributed by atoms with Crippen LogP contribution in [0.3, 0.4) is 0 Å². The van der Waals surface area contributed by atoms with Gasteiger partial charge in [-0.3, -0.25) is 0 Å². The van der Waals surface area contributed by atoms with E-state index in [0.29, 0.717) is 11.3 Å². The van der Waals surface area contributed by atoms with E-state index in [2.05, 4.69) is 43.4 Å². The van der Waals surface area contributed by atoms with Crippen molar-refractivity contribution in [1.82, 2.24) is 5.32 Å². The summed E-state index contributed by atoms with van der Waals surface area (Å²) in [4.78, 5) is 1.35. The molecule has 1 N–H and O–H groups in total. The molecule has 1 aliphatic rings. The van der Waals surface area contributed by atoms with Crippen molar-refractivity contribution in [3.05, 3.63) is 29.8 Å². The second kappa shape index (κ2) is 6.43. The van der Waals surface area contributed by atoms with Crippen LogP contribution in [0.15, 0.2) is 29.2 Å². The Labute approximate surface area is 108 Å². The van der Waals surface area contributed by atoms with E-state index in [4.69, 9.17) is 4.74 Å². The minimum absolute atomic E-state index is 0.439. The molecule has 0 amide bonds. The van der Waals surface area contributed by atoms with E-state index in [1.807, 2.05) is 11.8 Å². The van der Waals surface area contributed by atoms with Crippen molar-refractivity contribution < 1.29 is 4.74 Å². The van der Waals surface area contributed by atoms with Crippen molar-refractivity contribution in [2.45, 2.75) is 36.5 Å². The summed E-state index contributed by atoms with van der Waals surface area (Å²) in [7, 11) is 0. The van der Waals surface area contributed by atoms with Gasteiger partial charge < -0.3 is 10.1 Å². The Morgan fingerprint density at radius 3 is 2.76 bits per heavy atom. The van der Waals surface area contributed by atoms with Gasteiger partial charge in [0.15, 0.2) is 0 Å². The zero-order valence-electron chi connectivity index (χ0n) is 10.6. The van der Waals surface area contributed by atoms with E-state index in [1.165, 1.54) is 16.9 Å². The molecule has 1 heterocycles. The van der Waals surface area contributed by atoms with Gasteiger partial charge in [0.1, 0.15) is 0 Å². The summed E-state index contributed by atoms with van der Waals surface area (Å²) in [5, 5.41) is 4.07. The Morgan fingerprint density at radius 1 is 1.41 bits per heavy atom. The molecule has 94 valence electrons. The number of benzene rings is 1. The largest absolute Gasteiger partial charge is 0.380 e. The topological polar surface area (TPSA) is 21.3 Å². The van der Waals surface area contributed by atoms with Crippen LogP contribution in [0.4, 0.5) is 0 Å². The van der Waals surface area contributed by atoms with E-state index in [1.54, 1.807) is 0 Å². The lowest BCUT2D eigenvalue weighted by atomic mass is 10.1. The second-order valence-electron chi connectivity index (χ2n) is 4.45. The molecule has 0 aromatic heterocycles. The molecule has 2 nitrogen and oxygen atoms in total. The fourth-order valence-electron chi connectivity index (χ4n) is 2.06. The van der Waals surface area contributed by atoms with Crippen molar-refractivity contribution in [2.24, 2.45) is 0 Å². The van der Waals surface area contributed by atoms with Crippen LogP contribution >= 0.6 is 11.8 Å². The van der Waals surface area contributed by atoms with Gasteiger partial charge in [-0.2, -0.15) is 0 Å². The number of rotatable bonds is 5. The van der Waals surface area contributed by atoms with Gasteiger partial charge in [-0.1, -0.05) is 19.1 Å². The van der Waals surface area contributed by atoms with Gasteiger partial charge in [0.05, 0.1) is 6.61 Å². The molecule has 1 aromatic carbocycles. The first-order chi connectivity index (χ1) is 8.29. The first-order valence-corrected chi connectivity index (χ1v) is 7.25. The van der Waals surface area contributed by atoms with Gasteiger partial charge in [0.2, 0.25) is 0 Å². The SMILES string of the molecule is CCNC(C)c1ccc(SC2CCOC2)cc1. The third kappa shape index (κ3) is 3.73. The van der Waals surface area contributed by atoms with Crippen LogP contribution in [0, 0.1) is 0 Å². The number of hydrogen-bond donors (Lipinski definition) is 1. The average Bonchev–Trinajstić information content (AvgIpc) is 2.83. The molecule has 0 aliphatic carbocycles. The average molecular weight is 251 g/mol. The highest BCUT2D eigenvalue weighted by molar-refractivity contribution is 8.00. The molecule has 2 atom stereocenters. The summed E-state index contributed by atoms with van der Waals surface area (Å²) in [6, 6.07) is 9.35. The van der Waals surface area contributed by atoms with Crippen molar-refractivity contribution in [3.63, 3.8) is 0 Å². The lowest BCUT2D eigenvalue weighted by Crippen LogP contribution is -2.17. The minimum Gasteiger partial charge on any atom is -0.380 e. The lowest BCUT2D eigenvalue weighted by Gasteiger charge is -2.13. The standard InChI is InChI=1S/C14H21NOS/c1-3-15-11(2)12-4-6-13(7-5-12)17-14-8-9-16-10-14/h4-7,11,14-15H,3,8-10H2,1-2H3. The zero-order chi connectivity index (χ0) is 12.1. The fraction of sp³-hybridized carbons (Fsp3) is 0.571. The van der Waals surface area contributed by atoms with E-state index in [0.717, 1.165) is 19.8 Å². The monoisotopic (exact) mass is 251 g/mol. The van der Waals surface area contributed by atoms with Crippen LogP contribution in [0.25, 0.3) is 0 Å². The van der Waals surface area contributed by atoms with Crippen molar-refractivity contribution in [1.29, 1.82) is 0 Å². The third-order valence-electron chi connectivity index (χ3n) is 3.08. The van der Waals surface area contributed by atoms with E-state index in [9.17, 15) is 0 Å². The molecule has 0 radical (unpaired) electrons. The molecular weight excluding hydrogens is 230 g/mol. The highest BCUT2D eigenvalue weighted by Gasteiger charge is 2.16. The van der Waals surface area contributed by atoms with Crippen LogP contribution < -0.4 is 5.32 Å². The van der Waals surface area contributed by atoms with Crippen molar-refractivity contribution in [3.8, 4) is 0 Å². The third-order valence-corrected chi connectivity index (χ3v) is 4.33. The summed E-state index contributed by atoms with van der Waals surface area (Å²) >= 11 is 1.94. The molecular formula is C14H21NOS. The first-order valence-electron chi connectivity index (χ1n) is 6.37. The molecule has 0 spiro atoms. The fourth-order valence-corrected chi connectivity index (χ4v) is 3.11. The Bertz CT molecular complexity index is 333. The van der Waals surface area contributed by atoms with Crippen LogP contribution in [0.2, 0.25) is 0 Å². The quantitative estimate of drug-likeness (QED) is 0.868. The lowest BCUT2D eigenvalue weighted by molar-refractivity contribution is 0.199. The maximum atomic E-state index is 5.39. The molecule has 3 heteroatoms. The molecule has 0 bridgehead atoms. The van der Waals surface area contributed by atoms with Crippen LogP contribution in [-0.4, -0.2) is 25.0 Å². The molecule has 1 fully saturated rings. The molecule has 1 aliphatic heterocycles. The number of hydrogen-bond acceptors (Lipinski definition) is 3. The van der Waals surface area contributed by atoms with Gasteiger partial charge in [-0.25, -0.2) is 0 Å². The van der Waals surface area contributed by atoms with Gasteiger partial charge >= 0.3 is 0 Å². The van der Waals surface area contributed by atoms with Gasteiger partial charge in [-0.15, -0.1) is 11.8 Å². The maximum Gasteiger partial charge on any atom is 0.0589 e. The summed E-state index contributed by atoms with van der Waals surface area (Å²) in [5.41, 5.74) is 1.36. The summed E-state index contributed by atoms with van der Waals surface area (Å²) in [6.07, 6.45) is 1.18. The normalized spacial score (nSPS) is 21.6. The highest BCUT2D eigenvalue weighted by Crippen LogP contribution is 2.29. The molecule has 2 rings (SSSR count). The van der Waals surface area contributed by atoms with Crippen LogP contribution in [0.5, 0.6) is 0 Å². The maximum absolute atomic E-state index is 5.39. The van der Waals surface area contributed by atoms with Gasteiger partial charge in [-0.05, 0) is 37.6 Å². The van der Waals surface area contributed by atoms with Gasteiger partial charge in [0, 0.05) is 22.8 Å². The molecule has 1 aromatic rings. The van der Waals surface area contributed by atoms with Crippen LogP contribution in [-0.2, 0) is 4.74 Å². The summed E-state index contributed by atoms with van der Waals surface area (Å²) < 4.78 is 5.39. The number of thioether (sulfide) groups is 1. The van der Waals surface area contributed by atoms with E-state index in [-0.39, 0.29) is 0 Å². The van der Waals surface area contributed by atoms with Crippen LogP contribution in [0.1, 0.15) is 31.9 Å². The van der Waals surface area contributed by atoms with Crippen molar-refractivity contribution >= 4 is 11.8 Å². The predicted octanol–water partition coefficient (Wildman–Crippen LogP) is 3.24. The molecule has 1 saturated heterocycles. The second-order valence-corrected chi connectivity index (χ2v) is 5.83. The Hall–Kier alpha value is -0.510. The predicted molar refractivity (Wildman–Crippen MR) is 73.6 cm³/mol. The Balaban J connectivity index is 1.92. The first kappa shape index (κ1) is 12.9. The van der Waals surface area contributed by atoms with E-state index >= 15 is 0 Å². The van der Waals surface area contributed by atoms with E-state index < -0.39 is 0 Å². The summed E-state index contributed by atoms with van der Waals surface area (Å²) in [5.74, 6) is 0. The number of ether oxygens (including phenoxy) is 1. The number of nitrogens with one attached hydrogen (secondary N) is 1. The summed E-state index contributed by atoms with van der Waals surface area (Å²) in [6.45, 7) is 7.18. The van der Waals surface area contributed by atoms with Crippen molar-refractivity contribution in [2.75, 3.05) is 19.8 Å². The minimum atomic E-state index is 0.439. The molecule has 17 heavy (non-hydrogen) atoms. The smallest absolute Gasteiger partial charge is 0.0589 e. The highest BCUT2D eigenvalue weighted by atomic mass is 32.2. The molecule has 2 unspecified atom stereocenters. The Morgan fingerprint density at radius 2 is 2.18 bits per heavy atom. The zero-order valence-corrected chi connectivity index (χ0v) is 11.4. The Kier molecular flexibility index (Phi) is 4.89. The van der Waals surface area contributed by atoms with Gasteiger partial charge in [0.25, 0.3) is 0 Å². The molecule has 0 saturated carbocycles.